The van der Waals surface area contributed by atoms with Crippen LogP contribution in [0.15, 0.2) is 24.3 Å². The molecule has 4 heteroatoms. The fourth-order valence-electron chi connectivity index (χ4n) is 3.39. The van der Waals surface area contributed by atoms with Crippen LogP contribution in [0.2, 0.25) is 0 Å². The molecule has 21 heavy (non-hydrogen) atoms. The van der Waals surface area contributed by atoms with Crippen LogP contribution in [0.4, 0.5) is 0 Å². The Morgan fingerprint density at radius 2 is 2.29 bits per heavy atom. The lowest BCUT2D eigenvalue weighted by Crippen LogP contribution is -2.49. The number of hydrogen-bond acceptors (Lipinski definition) is 4. The van der Waals surface area contributed by atoms with Crippen molar-refractivity contribution in [2.24, 2.45) is 5.92 Å². The highest BCUT2D eigenvalue weighted by Gasteiger charge is 2.40. The van der Waals surface area contributed by atoms with E-state index in [1.165, 1.54) is 6.42 Å². The SMILES string of the molecule is CNC1(CO)CCCC1CCOc1cccc(COC)c1. The zero-order chi connectivity index (χ0) is 15.1. The van der Waals surface area contributed by atoms with Gasteiger partial charge in [-0.3, -0.25) is 0 Å². The van der Waals surface area contributed by atoms with E-state index >= 15 is 0 Å². The van der Waals surface area contributed by atoms with Gasteiger partial charge >= 0.3 is 0 Å². The Morgan fingerprint density at radius 1 is 1.43 bits per heavy atom. The monoisotopic (exact) mass is 293 g/mol. The molecule has 0 bridgehead atoms. The number of methoxy groups -OCH3 is 1. The van der Waals surface area contributed by atoms with E-state index in [1.807, 2.05) is 31.3 Å². The first kappa shape index (κ1) is 16.3. The third-order valence-corrected chi connectivity index (χ3v) is 4.68. The predicted octanol–water partition coefficient (Wildman–Crippen LogP) is 2.35. The molecule has 4 nitrogen and oxygen atoms in total. The average Bonchev–Trinajstić information content (AvgIpc) is 2.91. The molecule has 0 aliphatic heterocycles. The summed E-state index contributed by atoms with van der Waals surface area (Å²) in [4.78, 5) is 0. The van der Waals surface area contributed by atoms with Crippen LogP contribution in [0.5, 0.6) is 5.75 Å². The fraction of sp³-hybridized carbons (Fsp3) is 0.647. The lowest BCUT2D eigenvalue weighted by atomic mass is 9.86. The van der Waals surface area contributed by atoms with Gasteiger partial charge in [-0.15, -0.1) is 0 Å². The van der Waals surface area contributed by atoms with E-state index in [0.717, 1.165) is 30.6 Å². The molecule has 0 amide bonds. The molecule has 2 rings (SSSR count). The first-order chi connectivity index (χ1) is 10.2. The number of benzene rings is 1. The summed E-state index contributed by atoms with van der Waals surface area (Å²) in [7, 11) is 3.64. The summed E-state index contributed by atoms with van der Waals surface area (Å²) in [6, 6.07) is 8.02. The van der Waals surface area contributed by atoms with Crippen LogP contribution >= 0.6 is 0 Å². The van der Waals surface area contributed by atoms with Crippen molar-refractivity contribution in [2.75, 3.05) is 27.4 Å². The summed E-state index contributed by atoms with van der Waals surface area (Å²) in [5.74, 6) is 1.37. The van der Waals surface area contributed by atoms with Crippen molar-refractivity contribution < 1.29 is 14.6 Å². The van der Waals surface area contributed by atoms with Crippen LogP contribution in [0.25, 0.3) is 0 Å². The molecule has 2 atom stereocenters. The topological polar surface area (TPSA) is 50.7 Å². The highest BCUT2D eigenvalue weighted by molar-refractivity contribution is 5.28. The molecule has 0 heterocycles. The van der Waals surface area contributed by atoms with Gasteiger partial charge in [-0.1, -0.05) is 18.6 Å². The summed E-state index contributed by atoms with van der Waals surface area (Å²) in [5.41, 5.74) is 1.01. The lowest BCUT2D eigenvalue weighted by molar-refractivity contribution is 0.117. The van der Waals surface area contributed by atoms with Crippen molar-refractivity contribution in [1.82, 2.24) is 5.32 Å². The maximum Gasteiger partial charge on any atom is 0.119 e. The fourth-order valence-corrected chi connectivity index (χ4v) is 3.39. The first-order valence-electron chi connectivity index (χ1n) is 7.74. The Bertz CT molecular complexity index is 432. The number of ether oxygens (including phenoxy) is 2. The van der Waals surface area contributed by atoms with Crippen molar-refractivity contribution in [3.8, 4) is 5.75 Å². The summed E-state index contributed by atoms with van der Waals surface area (Å²) in [5, 5.41) is 13.0. The quantitative estimate of drug-likeness (QED) is 0.772. The Morgan fingerprint density at radius 3 is 3.00 bits per heavy atom. The van der Waals surface area contributed by atoms with Crippen LogP contribution in [0.1, 0.15) is 31.2 Å². The van der Waals surface area contributed by atoms with E-state index in [2.05, 4.69) is 5.32 Å². The van der Waals surface area contributed by atoms with Crippen molar-refractivity contribution in [3.05, 3.63) is 29.8 Å². The highest BCUT2D eigenvalue weighted by Crippen LogP contribution is 2.37. The normalized spacial score (nSPS) is 25.2. The van der Waals surface area contributed by atoms with E-state index in [-0.39, 0.29) is 12.1 Å². The largest absolute Gasteiger partial charge is 0.494 e. The molecule has 2 unspecified atom stereocenters. The molecule has 1 fully saturated rings. The van der Waals surface area contributed by atoms with Gasteiger partial charge in [0.1, 0.15) is 5.75 Å². The Balaban J connectivity index is 1.85. The van der Waals surface area contributed by atoms with Crippen molar-refractivity contribution in [2.45, 2.75) is 37.8 Å². The third kappa shape index (κ3) is 3.96. The number of nitrogens with one attached hydrogen (secondary N) is 1. The summed E-state index contributed by atoms with van der Waals surface area (Å²) in [6.45, 7) is 1.50. The molecular weight excluding hydrogens is 266 g/mol. The molecule has 0 saturated heterocycles. The van der Waals surface area contributed by atoms with Gasteiger partial charge in [-0.05, 0) is 49.9 Å². The van der Waals surface area contributed by atoms with Gasteiger partial charge in [0, 0.05) is 12.6 Å². The maximum absolute atomic E-state index is 9.68. The van der Waals surface area contributed by atoms with Gasteiger partial charge in [0.05, 0.1) is 19.8 Å². The Kier molecular flexibility index (Phi) is 6.03. The minimum absolute atomic E-state index is 0.110. The van der Waals surface area contributed by atoms with Crippen molar-refractivity contribution in [1.29, 1.82) is 0 Å². The van der Waals surface area contributed by atoms with E-state index in [4.69, 9.17) is 9.47 Å². The number of rotatable bonds is 8. The van der Waals surface area contributed by atoms with Crippen LogP contribution in [0, 0.1) is 5.92 Å². The molecule has 0 spiro atoms. The van der Waals surface area contributed by atoms with Crippen molar-refractivity contribution >= 4 is 0 Å². The van der Waals surface area contributed by atoms with Gasteiger partial charge in [-0.25, -0.2) is 0 Å². The molecule has 118 valence electrons. The van der Waals surface area contributed by atoms with Crippen LogP contribution < -0.4 is 10.1 Å². The molecular formula is C17H27NO3. The van der Waals surface area contributed by atoms with Gasteiger partial charge in [0.2, 0.25) is 0 Å². The minimum Gasteiger partial charge on any atom is -0.494 e. The standard InChI is InChI=1S/C17H27NO3/c1-18-17(13-19)9-4-6-15(17)8-10-21-16-7-3-5-14(11-16)12-20-2/h3,5,7,11,15,18-19H,4,6,8-10,12-13H2,1-2H3. The summed E-state index contributed by atoms with van der Waals surface area (Å²) < 4.78 is 11.0. The van der Waals surface area contributed by atoms with E-state index in [9.17, 15) is 5.11 Å². The Hall–Kier alpha value is -1.10. The zero-order valence-electron chi connectivity index (χ0n) is 13.1. The summed E-state index contributed by atoms with van der Waals surface area (Å²) in [6.07, 6.45) is 4.35. The number of aliphatic hydroxyl groups excluding tert-OH is 1. The number of aliphatic hydroxyl groups is 1. The summed E-state index contributed by atoms with van der Waals surface area (Å²) >= 11 is 0. The molecule has 1 aromatic rings. The second-order valence-corrected chi connectivity index (χ2v) is 5.87. The molecule has 1 aromatic carbocycles. The molecule has 1 aliphatic carbocycles. The van der Waals surface area contributed by atoms with Gasteiger partial charge in [0.25, 0.3) is 0 Å². The lowest BCUT2D eigenvalue weighted by Gasteiger charge is -2.33. The van der Waals surface area contributed by atoms with Crippen molar-refractivity contribution in [3.63, 3.8) is 0 Å². The average molecular weight is 293 g/mol. The van der Waals surface area contributed by atoms with E-state index in [0.29, 0.717) is 19.1 Å². The third-order valence-electron chi connectivity index (χ3n) is 4.68. The highest BCUT2D eigenvalue weighted by atomic mass is 16.5. The van der Waals surface area contributed by atoms with Gasteiger partial charge < -0.3 is 19.9 Å². The zero-order valence-corrected chi connectivity index (χ0v) is 13.1. The molecule has 1 aliphatic rings. The van der Waals surface area contributed by atoms with Crippen LogP contribution in [-0.4, -0.2) is 38.0 Å². The second kappa shape index (κ2) is 7.78. The molecule has 2 N–H and O–H groups in total. The molecule has 0 radical (unpaired) electrons. The van der Waals surface area contributed by atoms with Gasteiger partial charge in [0.15, 0.2) is 0 Å². The molecule has 1 saturated carbocycles. The minimum atomic E-state index is -0.110. The number of hydrogen-bond donors (Lipinski definition) is 2. The van der Waals surface area contributed by atoms with E-state index in [1.54, 1.807) is 7.11 Å². The van der Waals surface area contributed by atoms with Crippen LogP contribution in [0.3, 0.4) is 0 Å². The second-order valence-electron chi connectivity index (χ2n) is 5.87. The first-order valence-corrected chi connectivity index (χ1v) is 7.74. The predicted molar refractivity (Wildman–Crippen MR) is 83.5 cm³/mol. The molecule has 0 aromatic heterocycles. The smallest absolute Gasteiger partial charge is 0.119 e. The number of likely N-dealkylation sites (N-methyl/N-ethyl adjacent to an activating group) is 1. The van der Waals surface area contributed by atoms with E-state index < -0.39 is 0 Å². The van der Waals surface area contributed by atoms with Crippen LogP contribution in [-0.2, 0) is 11.3 Å². The van der Waals surface area contributed by atoms with Gasteiger partial charge in [-0.2, -0.15) is 0 Å². The maximum atomic E-state index is 9.68. The Labute approximate surface area is 127 Å².